The Balaban J connectivity index is 1.84. The first-order chi connectivity index (χ1) is 17.3. The second kappa shape index (κ2) is 12.0. The van der Waals surface area contributed by atoms with Crippen molar-refractivity contribution in [1.29, 1.82) is 0 Å². The first kappa shape index (κ1) is 26.5. The largest absolute Gasteiger partial charge is 0.504 e. The minimum absolute atomic E-state index is 0.0503. The molecule has 0 saturated carbocycles. The molecule has 3 aromatic rings. The maximum Gasteiger partial charge on any atom is 0.255 e. The van der Waals surface area contributed by atoms with Crippen LogP contribution in [0, 0.1) is 0 Å². The number of hydrazone groups is 1. The second-order valence-electron chi connectivity index (χ2n) is 7.47. The number of nitrogens with one attached hydrogen (secondary N) is 1. The number of nitrogens with zero attached hydrogens (tertiary/aromatic N) is 2. The first-order valence-corrected chi connectivity index (χ1v) is 12.2. The van der Waals surface area contributed by atoms with Crippen molar-refractivity contribution in [3.63, 3.8) is 0 Å². The highest BCUT2D eigenvalue weighted by Crippen LogP contribution is 2.31. The van der Waals surface area contributed by atoms with E-state index in [0.29, 0.717) is 16.9 Å². The molecule has 0 radical (unpaired) electrons. The topological polar surface area (TPSA) is 127 Å². The summed E-state index contributed by atoms with van der Waals surface area (Å²) in [5.41, 5.74) is 3.31. The third-order valence-electron chi connectivity index (χ3n) is 5.16. The Morgan fingerprint density at radius 3 is 2.31 bits per heavy atom. The Kier molecular flexibility index (Phi) is 8.87. The van der Waals surface area contributed by atoms with Gasteiger partial charge in [0.05, 0.1) is 39.0 Å². The van der Waals surface area contributed by atoms with Crippen molar-refractivity contribution < 1.29 is 32.5 Å². The summed E-state index contributed by atoms with van der Waals surface area (Å²) in [6.07, 6.45) is 1.24. The lowest BCUT2D eigenvalue weighted by Gasteiger charge is -2.22. The Hall–Kier alpha value is -4.09. The van der Waals surface area contributed by atoms with E-state index in [2.05, 4.69) is 10.5 Å². The van der Waals surface area contributed by atoms with Crippen LogP contribution in [0.1, 0.15) is 11.1 Å². The number of ether oxygens (including phenoxy) is 3. The summed E-state index contributed by atoms with van der Waals surface area (Å²) >= 11 is 0. The monoisotopic (exact) mass is 513 g/mol. The fourth-order valence-corrected chi connectivity index (χ4v) is 4.72. The van der Waals surface area contributed by atoms with Crippen LogP contribution < -0.4 is 19.6 Å². The highest BCUT2D eigenvalue weighted by atomic mass is 32.2. The molecular weight excluding hydrogens is 486 g/mol. The van der Waals surface area contributed by atoms with Crippen LogP contribution >= 0.6 is 0 Å². The highest BCUT2D eigenvalue weighted by molar-refractivity contribution is 7.89. The number of hydrogen-bond acceptors (Lipinski definition) is 8. The van der Waals surface area contributed by atoms with Crippen LogP contribution in [0.3, 0.4) is 0 Å². The number of carbonyl (C=O) groups excluding carboxylic acids is 1. The summed E-state index contributed by atoms with van der Waals surface area (Å²) in [6, 6.07) is 17.9. The molecule has 0 unspecified atom stereocenters. The minimum Gasteiger partial charge on any atom is -0.504 e. The predicted molar refractivity (Wildman–Crippen MR) is 134 cm³/mol. The number of carbonyl (C=O) groups is 1. The van der Waals surface area contributed by atoms with Gasteiger partial charge in [-0.1, -0.05) is 36.4 Å². The number of methoxy groups -OCH3 is 3. The smallest absolute Gasteiger partial charge is 0.255 e. The van der Waals surface area contributed by atoms with E-state index in [1.165, 1.54) is 45.7 Å². The Bertz CT molecular complexity index is 1330. The van der Waals surface area contributed by atoms with Gasteiger partial charge in [0.15, 0.2) is 23.0 Å². The van der Waals surface area contributed by atoms with Crippen LogP contribution in [0.2, 0.25) is 0 Å². The van der Waals surface area contributed by atoms with Gasteiger partial charge in [0.1, 0.15) is 0 Å². The lowest BCUT2D eigenvalue weighted by molar-refractivity contribution is -0.121. The van der Waals surface area contributed by atoms with Crippen molar-refractivity contribution in [1.82, 2.24) is 9.73 Å². The quantitative estimate of drug-likeness (QED) is 0.298. The summed E-state index contributed by atoms with van der Waals surface area (Å²) in [6.45, 7) is -0.557. The molecule has 3 rings (SSSR count). The van der Waals surface area contributed by atoms with Gasteiger partial charge in [-0.05, 0) is 29.8 Å². The zero-order chi connectivity index (χ0) is 26.1. The van der Waals surface area contributed by atoms with Crippen LogP contribution in [0.25, 0.3) is 0 Å². The number of phenolic OH excluding ortho intramolecular Hbond substituents is 1. The molecule has 2 N–H and O–H groups in total. The maximum absolute atomic E-state index is 13.5. The lowest BCUT2D eigenvalue weighted by Crippen LogP contribution is -2.39. The zero-order valence-corrected chi connectivity index (χ0v) is 20.9. The van der Waals surface area contributed by atoms with Gasteiger partial charge in [-0.25, -0.2) is 13.8 Å². The lowest BCUT2D eigenvalue weighted by atomic mass is 10.2. The zero-order valence-electron chi connectivity index (χ0n) is 20.0. The van der Waals surface area contributed by atoms with E-state index in [9.17, 15) is 18.3 Å². The molecule has 0 aliphatic heterocycles. The number of aromatic hydroxyl groups is 1. The molecule has 1 amide bonds. The van der Waals surface area contributed by atoms with Crippen molar-refractivity contribution in [2.75, 3.05) is 27.9 Å². The van der Waals surface area contributed by atoms with Gasteiger partial charge in [0, 0.05) is 18.2 Å². The summed E-state index contributed by atoms with van der Waals surface area (Å²) in [7, 11) is 0.151. The average molecular weight is 514 g/mol. The van der Waals surface area contributed by atoms with Crippen LogP contribution in [-0.2, 0) is 21.4 Å². The van der Waals surface area contributed by atoms with Crippen molar-refractivity contribution in [3.05, 3.63) is 77.9 Å². The molecule has 10 nitrogen and oxygen atoms in total. The first-order valence-electron chi connectivity index (χ1n) is 10.7. The van der Waals surface area contributed by atoms with Crippen molar-refractivity contribution in [2.24, 2.45) is 5.10 Å². The molecule has 190 valence electrons. The maximum atomic E-state index is 13.5. The normalized spacial score (nSPS) is 11.4. The number of rotatable bonds is 11. The van der Waals surface area contributed by atoms with Gasteiger partial charge in [0.2, 0.25) is 10.0 Å². The van der Waals surface area contributed by atoms with Crippen LogP contribution in [-0.4, -0.2) is 57.8 Å². The van der Waals surface area contributed by atoms with E-state index >= 15 is 0 Å². The minimum atomic E-state index is -4.12. The summed E-state index contributed by atoms with van der Waals surface area (Å²) in [4.78, 5) is 12.6. The van der Waals surface area contributed by atoms with E-state index in [1.807, 2.05) is 6.07 Å². The number of para-hydroxylation sites is 1. The predicted octanol–water partition coefficient (Wildman–Crippen LogP) is 2.76. The fraction of sp³-hybridized carbons (Fsp3) is 0.200. The summed E-state index contributed by atoms with van der Waals surface area (Å²) in [5, 5.41) is 14.0. The van der Waals surface area contributed by atoms with Gasteiger partial charge in [-0.3, -0.25) is 4.79 Å². The molecule has 36 heavy (non-hydrogen) atoms. The Morgan fingerprint density at radius 2 is 1.64 bits per heavy atom. The number of benzene rings is 3. The molecule has 0 spiro atoms. The van der Waals surface area contributed by atoms with E-state index in [-0.39, 0.29) is 28.7 Å². The van der Waals surface area contributed by atoms with E-state index < -0.39 is 22.5 Å². The average Bonchev–Trinajstić information content (AvgIpc) is 2.89. The number of sulfonamides is 1. The molecule has 0 aromatic heterocycles. The highest BCUT2D eigenvalue weighted by Gasteiger charge is 2.28. The van der Waals surface area contributed by atoms with E-state index in [0.717, 1.165) is 4.31 Å². The third kappa shape index (κ3) is 6.32. The molecule has 0 bridgehead atoms. The molecular formula is C25H27N3O7S. The van der Waals surface area contributed by atoms with E-state index in [1.54, 1.807) is 42.5 Å². The van der Waals surface area contributed by atoms with Crippen molar-refractivity contribution in [3.8, 4) is 23.0 Å². The van der Waals surface area contributed by atoms with Crippen LogP contribution in [0.4, 0.5) is 0 Å². The van der Waals surface area contributed by atoms with Gasteiger partial charge in [-0.15, -0.1) is 0 Å². The van der Waals surface area contributed by atoms with Gasteiger partial charge in [-0.2, -0.15) is 9.41 Å². The van der Waals surface area contributed by atoms with Crippen molar-refractivity contribution in [2.45, 2.75) is 11.4 Å². The molecule has 0 saturated heterocycles. The Labute approximate surface area is 209 Å². The molecule has 0 atom stereocenters. The SMILES string of the molecule is COc1ccc(S(=O)(=O)N(CC(=O)NN=Cc2cccc(OC)c2O)Cc2ccccc2)cc1OC. The van der Waals surface area contributed by atoms with E-state index in [4.69, 9.17) is 14.2 Å². The van der Waals surface area contributed by atoms with Gasteiger partial charge in [0.25, 0.3) is 5.91 Å². The second-order valence-corrected chi connectivity index (χ2v) is 9.40. The third-order valence-corrected chi connectivity index (χ3v) is 6.95. The van der Waals surface area contributed by atoms with Gasteiger partial charge < -0.3 is 19.3 Å². The van der Waals surface area contributed by atoms with Crippen molar-refractivity contribution >= 4 is 22.1 Å². The molecule has 11 heteroatoms. The molecule has 3 aromatic carbocycles. The number of amides is 1. The standard InChI is InChI=1S/C25H27N3O7S/c1-33-21-13-12-20(14-23(21)35-3)36(31,32)28(16-18-8-5-4-6-9-18)17-24(29)27-26-15-19-10-7-11-22(34-2)25(19)30/h4-15,30H,16-17H2,1-3H3,(H,27,29). The molecule has 0 aliphatic rings. The van der Waals surface area contributed by atoms with Gasteiger partial charge >= 0.3 is 0 Å². The number of phenols is 1. The molecule has 0 aliphatic carbocycles. The summed E-state index contributed by atoms with van der Waals surface area (Å²) < 4.78 is 43.5. The molecule has 0 heterocycles. The molecule has 0 fully saturated rings. The van der Waals surface area contributed by atoms with Crippen LogP contribution in [0.5, 0.6) is 23.0 Å². The number of hydrogen-bond donors (Lipinski definition) is 2. The Morgan fingerprint density at radius 1 is 0.944 bits per heavy atom. The fourth-order valence-electron chi connectivity index (χ4n) is 3.32. The summed E-state index contributed by atoms with van der Waals surface area (Å²) in [5.74, 6) is 0.0537. The van der Waals surface area contributed by atoms with Crippen LogP contribution in [0.15, 0.2) is 76.7 Å².